The van der Waals surface area contributed by atoms with Crippen LogP contribution in [0.25, 0.3) is 16.0 Å². The number of halogens is 1. The summed E-state index contributed by atoms with van der Waals surface area (Å²) in [6.45, 7) is 1.07. The van der Waals surface area contributed by atoms with Gasteiger partial charge < -0.3 is 24.1 Å². The molecule has 11 heteroatoms. The third-order valence-electron chi connectivity index (χ3n) is 7.55. The van der Waals surface area contributed by atoms with E-state index in [9.17, 15) is 14.7 Å². The number of anilines is 1. The van der Waals surface area contributed by atoms with Gasteiger partial charge in [-0.15, -0.1) is 0 Å². The molecule has 9 nitrogen and oxygen atoms in total. The number of Topliss-reactive ketones (excluding diaryl/α,β-unsaturated/α-hetero) is 1. The molecule has 1 amide bonds. The Morgan fingerprint density at radius 2 is 1.78 bits per heavy atom. The molecule has 1 saturated heterocycles. The number of aliphatic hydroxyl groups excluding tert-OH is 1. The number of rotatable bonds is 7. The van der Waals surface area contributed by atoms with Gasteiger partial charge in [0.2, 0.25) is 0 Å². The Morgan fingerprint density at radius 3 is 2.58 bits per heavy atom. The van der Waals surface area contributed by atoms with Gasteiger partial charge in [-0.3, -0.25) is 14.5 Å². The van der Waals surface area contributed by atoms with Crippen LogP contribution in [0.3, 0.4) is 0 Å². The van der Waals surface area contributed by atoms with Crippen molar-refractivity contribution in [2.75, 3.05) is 25.2 Å². The van der Waals surface area contributed by atoms with E-state index >= 15 is 0 Å². The number of ketones is 1. The average molecular weight is 641 g/mol. The van der Waals surface area contributed by atoms with E-state index in [1.165, 1.54) is 23.3 Å². The van der Waals surface area contributed by atoms with Gasteiger partial charge in [-0.05, 0) is 59.7 Å². The number of hydrogen-bond acceptors (Lipinski definition) is 9. The zero-order chi connectivity index (χ0) is 31.1. The number of aromatic nitrogens is 1. The number of carbonyl (C=O) groups excluding carboxylic acids is 2. The van der Waals surface area contributed by atoms with Crippen LogP contribution in [0.4, 0.5) is 5.13 Å². The summed E-state index contributed by atoms with van der Waals surface area (Å²) in [5.41, 5.74) is 2.30. The van der Waals surface area contributed by atoms with E-state index in [1.54, 1.807) is 54.6 Å². The van der Waals surface area contributed by atoms with Gasteiger partial charge in [0.25, 0.3) is 5.78 Å². The summed E-state index contributed by atoms with van der Waals surface area (Å²) in [7, 11) is 1.51. The van der Waals surface area contributed by atoms with Crippen molar-refractivity contribution in [3.8, 4) is 23.0 Å². The monoisotopic (exact) mass is 640 g/mol. The first-order chi connectivity index (χ1) is 21.9. The second kappa shape index (κ2) is 11.8. The van der Waals surface area contributed by atoms with Crippen molar-refractivity contribution in [3.05, 3.63) is 112 Å². The molecule has 0 unspecified atom stereocenters. The van der Waals surface area contributed by atoms with Crippen LogP contribution in [0, 0.1) is 0 Å². The Labute approximate surface area is 266 Å². The molecule has 2 aliphatic rings. The van der Waals surface area contributed by atoms with Gasteiger partial charge in [0.05, 0.1) is 28.9 Å². The highest BCUT2D eigenvalue weighted by Gasteiger charge is 2.48. The lowest BCUT2D eigenvalue weighted by atomic mass is 9.95. The number of benzene rings is 4. The summed E-state index contributed by atoms with van der Waals surface area (Å²) in [5.74, 6) is -0.210. The van der Waals surface area contributed by atoms with Crippen LogP contribution in [0.2, 0.25) is 5.02 Å². The smallest absolute Gasteiger partial charge is 0.301 e. The highest BCUT2D eigenvalue weighted by Crippen LogP contribution is 2.46. The topological polar surface area (TPSA) is 107 Å². The molecule has 1 fully saturated rings. The fourth-order valence-corrected chi connectivity index (χ4v) is 6.66. The van der Waals surface area contributed by atoms with Crippen molar-refractivity contribution >= 4 is 55.7 Å². The summed E-state index contributed by atoms with van der Waals surface area (Å²) in [4.78, 5) is 33.5. The fraction of sp³-hybridized carbons (Fsp3) is 0.147. The molecule has 0 saturated carbocycles. The van der Waals surface area contributed by atoms with Crippen molar-refractivity contribution < 1.29 is 33.6 Å². The molecule has 45 heavy (non-hydrogen) atoms. The lowest BCUT2D eigenvalue weighted by molar-refractivity contribution is -0.132. The zero-order valence-corrected chi connectivity index (χ0v) is 25.4. The minimum atomic E-state index is -1.04. The molecule has 1 atom stereocenters. The van der Waals surface area contributed by atoms with Gasteiger partial charge in [0.1, 0.15) is 25.6 Å². The zero-order valence-electron chi connectivity index (χ0n) is 23.9. The number of fused-ring (bicyclic) bond motifs is 2. The lowest BCUT2D eigenvalue weighted by Gasteiger charge is -2.24. The maximum atomic E-state index is 13.8. The van der Waals surface area contributed by atoms with Gasteiger partial charge >= 0.3 is 5.91 Å². The van der Waals surface area contributed by atoms with Gasteiger partial charge in [-0.1, -0.05) is 59.3 Å². The molecule has 0 aliphatic carbocycles. The van der Waals surface area contributed by atoms with Crippen LogP contribution in [0.5, 0.6) is 23.0 Å². The van der Waals surface area contributed by atoms with Crippen LogP contribution >= 0.6 is 22.9 Å². The number of carbonyl (C=O) groups is 2. The Kier molecular flexibility index (Phi) is 7.52. The number of thiazole rings is 1. The van der Waals surface area contributed by atoms with Crippen molar-refractivity contribution in [2.24, 2.45) is 0 Å². The minimum Gasteiger partial charge on any atom is -0.507 e. The number of ether oxygens (including phenoxy) is 4. The molecule has 4 aromatic carbocycles. The minimum absolute atomic E-state index is 0.103. The van der Waals surface area contributed by atoms with E-state index in [-0.39, 0.29) is 16.5 Å². The largest absolute Gasteiger partial charge is 0.507 e. The van der Waals surface area contributed by atoms with Gasteiger partial charge in [-0.2, -0.15) is 0 Å². The second-order valence-electron chi connectivity index (χ2n) is 10.3. The molecule has 226 valence electrons. The van der Waals surface area contributed by atoms with Crippen LogP contribution < -0.4 is 23.8 Å². The normalized spacial score (nSPS) is 17.1. The highest BCUT2D eigenvalue weighted by atomic mass is 35.5. The number of nitrogens with zero attached hydrogens (tertiary/aromatic N) is 2. The Hall–Kier alpha value is -5.06. The number of methoxy groups -OCH3 is 1. The second-order valence-corrected chi connectivity index (χ2v) is 11.8. The standard InChI is InChI=1S/C34H25ClN2O7S/c1-41-26-15-20(7-11-24(26)44-18-19-5-3-2-4-6-19)30-29(31(38)21-8-12-25-27(16-21)43-14-13-42-25)32(39)33(40)37(30)34-36-23-10-9-22(35)17-28(23)45-34/h2-12,15-17,30,38H,13-14,18H2,1H3/t30-/m1/s1. The van der Waals surface area contributed by atoms with Gasteiger partial charge in [-0.25, -0.2) is 4.98 Å². The third-order valence-corrected chi connectivity index (χ3v) is 8.80. The first-order valence-corrected chi connectivity index (χ1v) is 15.2. The first kappa shape index (κ1) is 28.7. The SMILES string of the molecule is COc1cc([C@@H]2C(=C(O)c3ccc4c(c3)OCCO4)C(=O)C(=O)N2c2nc3ccc(Cl)cc3s2)ccc1OCc1ccccc1. The van der Waals surface area contributed by atoms with Crippen molar-refractivity contribution in [2.45, 2.75) is 12.6 Å². The van der Waals surface area contributed by atoms with Crippen molar-refractivity contribution in [3.63, 3.8) is 0 Å². The van der Waals surface area contributed by atoms with Crippen molar-refractivity contribution in [1.29, 1.82) is 0 Å². The predicted octanol–water partition coefficient (Wildman–Crippen LogP) is 6.93. The van der Waals surface area contributed by atoms with Crippen LogP contribution in [0.1, 0.15) is 22.7 Å². The molecule has 3 heterocycles. The molecule has 0 radical (unpaired) electrons. The van der Waals surface area contributed by atoms with E-state index in [4.69, 9.17) is 30.5 Å². The maximum absolute atomic E-state index is 13.8. The number of amides is 1. The lowest BCUT2D eigenvalue weighted by Crippen LogP contribution is -2.29. The van der Waals surface area contributed by atoms with Crippen molar-refractivity contribution in [1.82, 2.24) is 4.98 Å². The number of aliphatic hydroxyl groups is 1. The summed E-state index contributed by atoms with van der Waals surface area (Å²) in [5, 5.41) is 12.5. The molecule has 0 bridgehead atoms. The maximum Gasteiger partial charge on any atom is 0.301 e. The average Bonchev–Trinajstić information content (AvgIpc) is 3.60. The Balaban J connectivity index is 1.35. The van der Waals surface area contributed by atoms with Crippen LogP contribution in [-0.2, 0) is 16.2 Å². The fourth-order valence-electron chi connectivity index (χ4n) is 5.39. The summed E-state index contributed by atoms with van der Waals surface area (Å²) in [6.07, 6.45) is 0. The molecule has 2 aliphatic heterocycles. The van der Waals surface area contributed by atoms with E-state index in [0.717, 1.165) is 10.3 Å². The summed E-state index contributed by atoms with van der Waals surface area (Å²) in [6, 6.07) is 23.9. The van der Waals surface area contributed by atoms with E-state index < -0.39 is 17.7 Å². The van der Waals surface area contributed by atoms with Gasteiger partial charge in [0.15, 0.2) is 28.1 Å². The Morgan fingerprint density at radius 1 is 0.978 bits per heavy atom. The highest BCUT2D eigenvalue weighted by molar-refractivity contribution is 7.22. The molecule has 5 aromatic rings. The third kappa shape index (κ3) is 5.32. The molecule has 7 rings (SSSR count). The van der Waals surface area contributed by atoms with E-state index in [0.29, 0.717) is 64.5 Å². The Bertz CT molecular complexity index is 1990. The number of hydrogen-bond donors (Lipinski definition) is 1. The molecular formula is C34H25ClN2O7S. The summed E-state index contributed by atoms with van der Waals surface area (Å²) < 4.78 is 23.8. The van der Waals surface area contributed by atoms with E-state index in [1.807, 2.05) is 30.3 Å². The summed E-state index contributed by atoms with van der Waals surface area (Å²) >= 11 is 7.44. The molecular weight excluding hydrogens is 616 g/mol. The van der Waals surface area contributed by atoms with E-state index in [2.05, 4.69) is 4.98 Å². The first-order valence-electron chi connectivity index (χ1n) is 14.0. The van der Waals surface area contributed by atoms with Crippen LogP contribution in [-0.4, -0.2) is 42.1 Å². The quantitative estimate of drug-likeness (QED) is 0.116. The van der Waals surface area contributed by atoms with Crippen LogP contribution in [0.15, 0.2) is 90.5 Å². The molecule has 1 aromatic heterocycles. The predicted molar refractivity (Wildman–Crippen MR) is 171 cm³/mol. The molecule has 0 spiro atoms. The molecule has 1 N–H and O–H groups in total. The van der Waals surface area contributed by atoms with Gasteiger partial charge in [0, 0.05) is 10.6 Å².